The molecule has 1 N–H and O–H groups in total. The molecule has 0 aliphatic rings. The molecule has 2 aromatic rings. The van der Waals surface area contributed by atoms with Gasteiger partial charge in [0.2, 0.25) is 0 Å². The van der Waals surface area contributed by atoms with Gasteiger partial charge in [0.15, 0.2) is 11.7 Å². The predicted molar refractivity (Wildman–Crippen MR) is 55.3 cm³/mol. The number of ether oxygens (including phenoxy) is 1. The quantitative estimate of drug-likeness (QED) is 0.786. The van der Waals surface area contributed by atoms with Crippen molar-refractivity contribution >= 4 is 6.16 Å². The number of hydrogen-bond donors (Lipinski definition) is 1. The van der Waals surface area contributed by atoms with E-state index in [4.69, 9.17) is 9.52 Å². The minimum Gasteiger partial charge on any atom is -0.449 e. The van der Waals surface area contributed by atoms with Crippen molar-refractivity contribution < 1.29 is 19.1 Å². The van der Waals surface area contributed by atoms with Crippen LogP contribution in [0.2, 0.25) is 0 Å². The second-order valence-electron chi connectivity index (χ2n) is 3.10. The predicted octanol–water partition coefficient (Wildman–Crippen LogP) is 2.71. The van der Waals surface area contributed by atoms with E-state index in [0.29, 0.717) is 11.7 Å². The molecule has 1 aromatic carbocycles. The Bertz CT molecular complexity index is 504. The number of nitrogens with zero attached hydrogens (tertiary/aromatic N) is 1. The molecule has 0 radical (unpaired) electrons. The number of hydrogen-bond acceptors (Lipinski definition) is 4. The van der Waals surface area contributed by atoms with Crippen LogP contribution in [0, 0.1) is 6.92 Å². The molecule has 16 heavy (non-hydrogen) atoms. The number of carbonyl (C=O) groups is 1. The van der Waals surface area contributed by atoms with Gasteiger partial charge in [0.25, 0.3) is 5.88 Å². The van der Waals surface area contributed by atoms with Crippen molar-refractivity contribution in [1.29, 1.82) is 0 Å². The van der Waals surface area contributed by atoms with E-state index >= 15 is 0 Å². The van der Waals surface area contributed by atoms with Crippen molar-refractivity contribution in [2.75, 3.05) is 0 Å². The fraction of sp³-hybridized carbons (Fsp3) is 0.0909. The van der Waals surface area contributed by atoms with Crippen LogP contribution in [0.1, 0.15) is 5.89 Å². The third kappa shape index (κ3) is 2.03. The molecule has 0 amide bonds. The van der Waals surface area contributed by atoms with Crippen molar-refractivity contribution in [3.05, 3.63) is 36.2 Å². The molecular formula is C11H9NO4. The van der Waals surface area contributed by atoms with Gasteiger partial charge in [0.1, 0.15) is 0 Å². The summed E-state index contributed by atoms with van der Waals surface area (Å²) in [5, 5.41) is 8.54. The third-order valence-corrected chi connectivity index (χ3v) is 1.92. The van der Waals surface area contributed by atoms with Gasteiger partial charge in [-0.15, -0.1) is 0 Å². The van der Waals surface area contributed by atoms with Crippen LogP contribution in [0.5, 0.6) is 5.88 Å². The van der Waals surface area contributed by atoms with Crippen LogP contribution in [0.25, 0.3) is 11.3 Å². The molecule has 0 aliphatic heterocycles. The highest BCUT2D eigenvalue weighted by Crippen LogP contribution is 2.30. The number of rotatable bonds is 2. The zero-order valence-electron chi connectivity index (χ0n) is 8.51. The highest BCUT2D eigenvalue weighted by molar-refractivity contribution is 5.68. The van der Waals surface area contributed by atoms with Gasteiger partial charge in [-0.1, -0.05) is 30.3 Å². The summed E-state index contributed by atoms with van der Waals surface area (Å²) in [5.74, 6) is 0.645. The highest BCUT2D eigenvalue weighted by Gasteiger charge is 2.16. The molecule has 2 rings (SSSR count). The Hall–Kier alpha value is -2.30. The van der Waals surface area contributed by atoms with Crippen LogP contribution in [0.3, 0.4) is 0 Å². The molecule has 5 heteroatoms. The summed E-state index contributed by atoms with van der Waals surface area (Å²) in [6.45, 7) is 1.63. The summed E-state index contributed by atoms with van der Waals surface area (Å²) < 4.78 is 9.83. The average Bonchev–Trinajstić information content (AvgIpc) is 2.60. The maximum absolute atomic E-state index is 10.5. The normalized spacial score (nSPS) is 10.1. The summed E-state index contributed by atoms with van der Waals surface area (Å²) >= 11 is 0. The SMILES string of the molecule is Cc1nc(OC(=O)O)c(-c2ccccc2)o1. The molecule has 0 atom stereocenters. The third-order valence-electron chi connectivity index (χ3n) is 1.92. The van der Waals surface area contributed by atoms with Gasteiger partial charge in [0, 0.05) is 12.5 Å². The lowest BCUT2D eigenvalue weighted by molar-refractivity contribution is 0.143. The first-order valence-electron chi connectivity index (χ1n) is 4.60. The van der Waals surface area contributed by atoms with Gasteiger partial charge in [-0.2, -0.15) is 4.98 Å². The fourth-order valence-corrected chi connectivity index (χ4v) is 1.33. The summed E-state index contributed by atoms with van der Waals surface area (Å²) in [7, 11) is 0. The second kappa shape index (κ2) is 4.06. The van der Waals surface area contributed by atoms with Crippen molar-refractivity contribution in [3.63, 3.8) is 0 Å². The molecule has 0 fully saturated rings. The van der Waals surface area contributed by atoms with Crippen molar-refractivity contribution in [2.45, 2.75) is 6.92 Å². The minimum absolute atomic E-state index is 0.0313. The van der Waals surface area contributed by atoms with Crippen LogP contribution in [-0.4, -0.2) is 16.2 Å². The first kappa shape index (κ1) is 10.2. The van der Waals surface area contributed by atoms with Crippen LogP contribution in [-0.2, 0) is 0 Å². The molecule has 1 aromatic heterocycles. The van der Waals surface area contributed by atoms with E-state index in [1.807, 2.05) is 18.2 Å². The molecule has 82 valence electrons. The first-order chi connectivity index (χ1) is 7.66. The number of aromatic nitrogens is 1. The summed E-state index contributed by atoms with van der Waals surface area (Å²) in [6, 6.07) is 9.06. The molecule has 0 saturated carbocycles. The second-order valence-corrected chi connectivity index (χ2v) is 3.10. The van der Waals surface area contributed by atoms with Gasteiger partial charge in [0.05, 0.1) is 0 Å². The Labute approximate surface area is 91.3 Å². The Morgan fingerprint density at radius 1 is 1.38 bits per heavy atom. The first-order valence-corrected chi connectivity index (χ1v) is 4.60. The Morgan fingerprint density at radius 3 is 2.69 bits per heavy atom. The van der Waals surface area contributed by atoms with Crippen molar-refractivity contribution in [1.82, 2.24) is 4.98 Å². The maximum atomic E-state index is 10.5. The van der Waals surface area contributed by atoms with Crippen molar-refractivity contribution in [3.8, 4) is 17.2 Å². The molecule has 0 bridgehead atoms. The molecule has 0 spiro atoms. The number of oxazole rings is 1. The molecule has 0 aliphatic carbocycles. The molecular weight excluding hydrogens is 210 g/mol. The Kier molecular flexibility index (Phi) is 2.59. The lowest BCUT2D eigenvalue weighted by atomic mass is 10.2. The van der Waals surface area contributed by atoms with E-state index in [1.54, 1.807) is 19.1 Å². The number of aryl methyl sites for hydroxylation is 1. The maximum Gasteiger partial charge on any atom is 0.512 e. The van der Waals surface area contributed by atoms with Gasteiger partial charge >= 0.3 is 6.16 Å². The van der Waals surface area contributed by atoms with Crippen LogP contribution in [0.15, 0.2) is 34.7 Å². The molecule has 0 unspecified atom stereocenters. The van der Waals surface area contributed by atoms with E-state index in [0.717, 1.165) is 5.56 Å². The van der Waals surface area contributed by atoms with E-state index in [-0.39, 0.29) is 5.88 Å². The Balaban J connectivity index is 2.44. The topological polar surface area (TPSA) is 72.6 Å². The summed E-state index contributed by atoms with van der Waals surface area (Å²) in [6.07, 6.45) is -1.41. The van der Waals surface area contributed by atoms with E-state index < -0.39 is 6.16 Å². The lowest BCUT2D eigenvalue weighted by Gasteiger charge is -1.98. The standard InChI is InChI=1S/C11H9NO4/c1-7-12-10(16-11(13)14)9(15-7)8-5-3-2-4-6-8/h2-6H,1H3,(H,13,14). The molecule has 1 heterocycles. The van der Waals surface area contributed by atoms with Gasteiger partial charge in [-0.25, -0.2) is 4.79 Å². The highest BCUT2D eigenvalue weighted by atomic mass is 16.7. The van der Waals surface area contributed by atoms with Gasteiger partial charge < -0.3 is 14.3 Å². The van der Waals surface area contributed by atoms with Crippen molar-refractivity contribution in [2.24, 2.45) is 0 Å². The molecule has 5 nitrogen and oxygen atoms in total. The van der Waals surface area contributed by atoms with Crippen LogP contribution < -0.4 is 4.74 Å². The Morgan fingerprint density at radius 2 is 2.06 bits per heavy atom. The fourth-order valence-electron chi connectivity index (χ4n) is 1.33. The average molecular weight is 219 g/mol. The number of benzene rings is 1. The largest absolute Gasteiger partial charge is 0.512 e. The lowest BCUT2D eigenvalue weighted by Crippen LogP contribution is -2.04. The molecule has 0 saturated heterocycles. The van der Waals surface area contributed by atoms with Gasteiger partial charge in [-0.3, -0.25) is 0 Å². The van der Waals surface area contributed by atoms with E-state index in [2.05, 4.69) is 9.72 Å². The minimum atomic E-state index is -1.41. The van der Waals surface area contributed by atoms with Crippen LogP contribution >= 0.6 is 0 Å². The number of carboxylic acid groups (broad SMARTS) is 1. The monoisotopic (exact) mass is 219 g/mol. The summed E-state index contributed by atoms with van der Waals surface area (Å²) in [5.41, 5.74) is 0.722. The van der Waals surface area contributed by atoms with Crippen LogP contribution in [0.4, 0.5) is 4.79 Å². The smallest absolute Gasteiger partial charge is 0.449 e. The summed E-state index contributed by atoms with van der Waals surface area (Å²) in [4.78, 5) is 14.3. The van der Waals surface area contributed by atoms with E-state index in [9.17, 15) is 4.79 Å². The van der Waals surface area contributed by atoms with E-state index in [1.165, 1.54) is 0 Å². The zero-order chi connectivity index (χ0) is 11.5. The van der Waals surface area contributed by atoms with Gasteiger partial charge in [-0.05, 0) is 0 Å². The zero-order valence-corrected chi connectivity index (χ0v) is 8.51.